The monoisotopic (exact) mass is 341 g/mol. The minimum Gasteiger partial charge on any atom is -0.508 e. The molecule has 2 N–H and O–H groups in total. The molecule has 0 saturated carbocycles. The highest BCUT2D eigenvalue weighted by atomic mass is 35.5. The summed E-state index contributed by atoms with van der Waals surface area (Å²) >= 11 is 5.96. The summed E-state index contributed by atoms with van der Waals surface area (Å²) in [6.07, 6.45) is 0.446. The Morgan fingerprint density at radius 3 is 2.46 bits per heavy atom. The van der Waals surface area contributed by atoms with E-state index in [1.54, 1.807) is 18.2 Å². The van der Waals surface area contributed by atoms with Crippen LogP contribution in [0.25, 0.3) is 16.9 Å². The molecular formula is C19H16ClNO3. The Morgan fingerprint density at radius 2 is 1.79 bits per heavy atom. The van der Waals surface area contributed by atoms with Gasteiger partial charge < -0.3 is 14.8 Å². The second kappa shape index (κ2) is 6.81. The van der Waals surface area contributed by atoms with Gasteiger partial charge in [0.2, 0.25) is 0 Å². The zero-order chi connectivity index (χ0) is 17.1. The van der Waals surface area contributed by atoms with Crippen LogP contribution in [0.5, 0.6) is 5.75 Å². The first-order valence-electron chi connectivity index (χ1n) is 7.52. The van der Waals surface area contributed by atoms with E-state index in [9.17, 15) is 9.90 Å². The van der Waals surface area contributed by atoms with E-state index in [0.717, 1.165) is 22.6 Å². The summed E-state index contributed by atoms with van der Waals surface area (Å²) in [5.74, 6) is -0.681. The topological polar surface area (TPSA) is 62.5 Å². The van der Waals surface area contributed by atoms with E-state index in [1.165, 1.54) is 0 Å². The Kier molecular flexibility index (Phi) is 4.58. The molecule has 122 valence electrons. The molecule has 4 nitrogen and oxygen atoms in total. The van der Waals surface area contributed by atoms with Crippen LogP contribution in [0.15, 0.2) is 60.7 Å². The van der Waals surface area contributed by atoms with Crippen molar-refractivity contribution in [3.8, 4) is 22.7 Å². The molecule has 0 unspecified atom stereocenters. The quantitative estimate of drug-likeness (QED) is 0.717. The maximum Gasteiger partial charge on any atom is 0.303 e. The number of carbonyl (C=O) groups is 1. The summed E-state index contributed by atoms with van der Waals surface area (Å²) in [4.78, 5) is 10.9. The van der Waals surface area contributed by atoms with Crippen molar-refractivity contribution in [3.63, 3.8) is 0 Å². The average molecular weight is 342 g/mol. The SMILES string of the molecule is O=C(O)CCc1ccc(-c2ccc(Cl)cc2)n1-c1cccc(O)c1. The van der Waals surface area contributed by atoms with Crippen molar-refractivity contribution in [2.75, 3.05) is 0 Å². The number of rotatable bonds is 5. The summed E-state index contributed by atoms with van der Waals surface area (Å²) in [7, 11) is 0. The number of hydrogen-bond donors (Lipinski definition) is 2. The highest BCUT2D eigenvalue weighted by molar-refractivity contribution is 6.30. The number of benzene rings is 2. The summed E-state index contributed by atoms with van der Waals surface area (Å²) < 4.78 is 1.96. The number of aromatic hydroxyl groups is 1. The van der Waals surface area contributed by atoms with Gasteiger partial charge in [-0.2, -0.15) is 0 Å². The highest BCUT2D eigenvalue weighted by Gasteiger charge is 2.13. The van der Waals surface area contributed by atoms with Crippen molar-refractivity contribution in [2.24, 2.45) is 0 Å². The van der Waals surface area contributed by atoms with Crippen LogP contribution < -0.4 is 0 Å². The van der Waals surface area contributed by atoms with Crippen LogP contribution in [0.4, 0.5) is 0 Å². The van der Waals surface area contributed by atoms with Crippen molar-refractivity contribution < 1.29 is 15.0 Å². The summed E-state index contributed by atoms with van der Waals surface area (Å²) in [5.41, 5.74) is 3.53. The van der Waals surface area contributed by atoms with E-state index >= 15 is 0 Å². The molecular weight excluding hydrogens is 326 g/mol. The largest absolute Gasteiger partial charge is 0.508 e. The number of phenolic OH excluding ortho intramolecular Hbond substituents is 1. The molecule has 3 aromatic rings. The van der Waals surface area contributed by atoms with Gasteiger partial charge in [-0.1, -0.05) is 29.8 Å². The highest BCUT2D eigenvalue weighted by Crippen LogP contribution is 2.29. The lowest BCUT2D eigenvalue weighted by molar-refractivity contribution is -0.136. The van der Waals surface area contributed by atoms with Crippen LogP contribution in [0.1, 0.15) is 12.1 Å². The second-order valence-electron chi connectivity index (χ2n) is 5.47. The maximum absolute atomic E-state index is 10.9. The van der Waals surface area contributed by atoms with E-state index in [4.69, 9.17) is 16.7 Å². The number of aryl methyl sites for hydroxylation is 1. The molecule has 0 aliphatic rings. The van der Waals surface area contributed by atoms with Crippen LogP contribution in [-0.2, 0) is 11.2 Å². The minimum absolute atomic E-state index is 0.0445. The third-order valence-electron chi connectivity index (χ3n) is 3.78. The predicted octanol–water partition coefficient (Wildman–Crippen LogP) is 4.52. The fourth-order valence-corrected chi connectivity index (χ4v) is 2.82. The third-order valence-corrected chi connectivity index (χ3v) is 4.04. The van der Waals surface area contributed by atoms with Gasteiger partial charge in [-0.25, -0.2) is 0 Å². The average Bonchev–Trinajstić information content (AvgIpc) is 2.97. The van der Waals surface area contributed by atoms with Crippen LogP contribution >= 0.6 is 11.6 Å². The van der Waals surface area contributed by atoms with Gasteiger partial charge in [0.15, 0.2) is 0 Å². The standard InChI is InChI=1S/C19H16ClNO3/c20-14-6-4-13(5-7-14)18-10-8-15(9-11-19(23)24)21(18)16-2-1-3-17(22)12-16/h1-8,10,12,22H,9,11H2,(H,23,24). The minimum atomic E-state index is -0.841. The number of nitrogens with zero attached hydrogens (tertiary/aromatic N) is 1. The van der Waals surface area contributed by atoms with Gasteiger partial charge in [-0.05, 0) is 48.4 Å². The predicted molar refractivity (Wildman–Crippen MR) is 93.8 cm³/mol. The number of hydrogen-bond acceptors (Lipinski definition) is 2. The molecule has 0 fully saturated rings. The molecule has 0 aliphatic heterocycles. The molecule has 2 aromatic carbocycles. The van der Waals surface area contributed by atoms with Gasteiger partial charge in [0.25, 0.3) is 0 Å². The molecule has 24 heavy (non-hydrogen) atoms. The molecule has 3 rings (SSSR count). The first kappa shape index (κ1) is 16.1. The Bertz CT molecular complexity index is 869. The number of carboxylic acid groups (broad SMARTS) is 1. The maximum atomic E-state index is 10.9. The van der Waals surface area contributed by atoms with Gasteiger partial charge in [0.05, 0.1) is 12.1 Å². The Hall–Kier alpha value is -2.72. The fourth-order valence-electron chi connectivity index (χ4n) is 2.69. The van der Waals surface area contributed by atoms with Crippen molar-refractivity contribution >= 4 is 17.6 Å². The molecule has 5 heteroatoms. The number of aromatic nitrogens is 1. The smallest absolute Gasteiger partial charge is 0.303 e. The van der Waals surface area contributed by atoms with Crippen molar-refractivity contribution in [2.45, 2.75) is 12.8 Å². The summed E-state index contributed by atoms with van der Waals surface area (Å²) in [6.45, 7) is 0. The van der Waals surface area contributed by atoms with Crippen molar-refractivity contribution in [1.29, 1.82) is 0 Å². The molecule has 0 radical (unpaired) electrons. The van der Waals surface area contributed by atoms with E-state index in [2.05, 4.69) is 0 Å². The van der Waals surface area contributed by atoms with Crippen LogP contribution in [0.2, 0.25) is 5.02 Å². The molecule has 1 heterocycles. The fraction of sp³-hybridized carbons (Fsp3) is 0.105. The first-order chi connectivity index (χ1) is 11.5. The van der Waals surface area contributed by atoms with Crippen LogP contribution in [-0.4, -0.2) is 20.7 Å². The van der Waals surface area contributed by atoms with Gasteiger partial charge >= 0.3 is 5.97 Å². The van der Waals surface area contributed by atoms with Gasteiger partial charge in [0.1, 0.15) is 5.75 Å². The van der Waals surface area contributed by atoms with Crippen molar-refractivity contribution in [1.82, 2.24) is 4.57 Å². The molecule has 0 saturated heterocycles. The van der Waals surface area contributed by atoms with E-state index in [1.807, 2.05) is 47.0 Å². The molecule has 0 amide bonds. The molecule has 0 spiro atoms. The summed E-state index contributed by atoms with van der Waals surface area (Å²) in [5, 5.41) is 19.4. The van der Waals surface area contributed by atoms with E-state index in [-0.39, 0.29) is 12.2 Å². The zero-order valence-electron chi connectivity index (χ0n) is 12.8. The number of carboxylic acids is 1. The zero-order valence-corrected chi connectivity index (χ0v) is 13.6. The lowest BCUT2D eigenvalue weighted by atomic mass is 10.1. The lowest BCUT2D eigenvalue weighted by Gasteiger charge is -2.14. The van der Waals surface area contributed by atoms with Gasteiger partial charge in [-0.15, -0.1) is 0 Å². The lowest BCUT2D eigenvalue weighted by Crippen LogP contribution is -2.05. The van der Waals surface area contributed by atoms with Gasteiger partial charge in [0, 0.05) is 22.5 Å². The number of phenols is 1. The molecule has 0 atom stereocenters. The Balaban J connectivity index is 2.12. The Labute approximate surface area is 144 Å². The van der Waals surface area contributed by atoms with E-state index in [0.29, 0.717) is 11.4 Å². The number of halogens is 1. The first-order valence-corrected chi connectivity index (χ1v) is 7.90. The Morgan fingerprint density at radius 1 is 1.04 bits per heavy atom. The molecule has 0 bridgehead atoms. The molecule has 1 aromatic heterocycles. The molecule has 0 aliphatic carbocycles. The van der Waals surface area contributed by atoms with Crippen LogP contribution in [0, 0.1) is 0 Å². The second-order valence-corrected chi connectivity index (χ2v) is 5.90. The third kappa shape index (κ3) is 3.44. The van der Waals surface area contributed by atoms with Crippen molar-refractivity contribution in [3.05, 3.63) is 71.4 Å². The van der Waals surface area contributed by atoms with Crippen LogP contribution in [0.3, 0.4) is 0 Å². The van der Waals surface area contributed by atoms with E-state index < -0.39 is 5.97 Å². The normalized spacial score (nSPS) is 10.7. The summed E-state index contributed by atoms with van der Waals surface area (Å²) in [6, 6.07) is 18.2. The number of aliphatic carboxylic acids is 1. The van der Waals surface area contributed by atoms with Gasteiger partial charge in [-0.3, -0.25) is 4.79 Å².